The third-order valence-electron chi connectivity index (χ3n) is 5.95. The van der Waals surface area contributed by atoms with E-state index in [1.807, 2.05) is 38.2 Å². The molecule has 0 bridgehead atoms. The molecular weight excluding hydrogens is 394 g/mol. The summed E-state index contributed by atoms with van der Waals surface area (Å²) in [4.78, 5) is 18.9. The third kappa shape index (κ3) is 3.79. The molecule has 4 rings (SSSR count). The molecule has 1 fully saturated rings. The van der Waals surface area contributed by atoms with Gasteiger partial charge in [0.1, 0.15) is 17.6 Å². The van der Waals surface area contributed by atoms with Gasteiger partial charge in [0.25, 0.3) is 0 Å². The van der Waals surface area contributed by atoms with Crippen LogP contribution in [0.2, 0.25) is 0 Å². The fraction of sp³-hybridized carbons (Fsp3) is 0.391. The first-order valence-electron chi connectivity index (χ1n) is 10.3. The molecule has 1 aliphatic heterocycles. The molecule has 0 amide bonds. The number of piperidine rings is 1. The first kappa shape index (κ1) is 20.7. The summed E-state index contributed by atoms with van der Waals surface area (Å²) in [6.07, 6.45) is 6.59. The Hall–Kier alpha value is -3.60. The minimum Gasteiger partial charge on any atom is -0.492 e. The summed E-state index contributed by atoms with van der Waals surface area (Å²) in [7, 11) is 1.44. The lowest BCUT2D eigenvalue weighted by Gasteiger charge is -2.37. The number of aromatic nitrogens is 3. The summed E-state index contributed by atoms with van der Waals surface area (Å²) in [5.74, 6) is 1.39. The quantitative estimate of drug-likeness (QED) is 0.585. The Bertz CT molecular complexity index is 1140. The number of fused-ring (bicyclic) bond motifs is 1. The van der Waals surface area contributed by atoms with Gasteiger partial charge in [-0.1, -0.05) is 0 Å². The first-order chi connectivity index (χ1) is 15.0. The lowest BCUT2D eigenvalue weighted by atomic mass is 9.80. The predicted octanol–water partition coefficient (Wildman–Crippen LogP) is 3.45. The second-order valence-corrected chi connectivity index (χ2v) is 7.93. The van der Waals surface area contributed by atoms with E-state index >= 15 is 0 Å². The number of rotatable bonds is 5. The summed E-state index contributed by atoms with van der Waals surface area (Å²) in [5, 5.41) is 13.8. The van der Waals surface area contributed by atoms with Crippen molar-refractivity contribution in [3.8, 4) is 22.9 Å². The lowest BCUT2D eigenvalue weighted by Crippen LogP contribution is -2.43. The maximum atomic E-state index is 12.0. The highest BCUT2D eigenvalue weighted by Crippen LogP contribution is 2.35. The van der Waals surface area contributed by atoms with Crippen molar-refractivity contribution in [2.24, 2.45) is 5.41 Å². The third-order valence-corrected chi connectivity index (χ3v) is 5.95. The molecule has 0 spiro atoms. The molecule has 0 atom stereocenters. The Morgan fingerprint density at radius 2 is 2.06 bits per heavy atom. The van der Waals surface area contributed by atoms with Crippen LogP contribution in [0, 0.1) is 16.7 Å². The van der Waals surface area contributed by atoms with E-state index in [0.717, 1.165) is 48.4 Å². The average molecular weight is 419 g/mol. The zero-order valence-corrected chi connectivity index (χ0v) is 18.0. The van der Waals surface area contributed by atoms with Crippen LogP contribution in [0.4, 0.5) is 5.82 Å². The van der Waals surface area contributed by atoms with E-state index in [-0.39, 0.29) is 5.97 Å². The second kappa shape index (κ2) is 8.26. The van der Waals surface area contributed by atoms with Crippen LogP contribution in [0.15, 0.2) is 36.8 Å². The number of ether oxygens (including phenoxy) is 2. The van der Waals surface area contributed by atoms with Crippen LogP contribution in [0.25, 0.3) is 16.6 Å². The fourth-order valence-corrected chi connectivity index (χ4v) is 4.06. The molecule has 3 aromatic rings. The second-order valence-electron chi connectivity index (χ2n) is 7.93. The number of pyridine rings is 2. The molecule has 0 radical (unpaired) electrons. The highest BCUT2D eigenvalue weighted by Gasteiger charge is 2.38. The van der Waals surface area contributed by atoms with Crippen LogP contribution < -0.4 is 9.64 Å². The minimum atomic E-state index is -0.438. The summed E-state index contributed by atoms with van der Waals surface area (Å²) in [6.45, 7) is 5.90. The van der Waals surface area contributed by atoms with Crippen molar-refractivity contribution >= 4 is 17.3 Å². The number of esters is 1. The van der Waals surface area contributed by atoms with Gasteiger partial charge in [-0.3, -0.25) is 4.79 Å². The Kier molecular flexibility index (Phi) is 5.51. The van der Waals surface area contributed by atoms with Gasteiger partial charge in [-0.25, -0.2) is 9.50 Å². The number of anilines is 1. The molecule has 1 aliphatic rings. The van der Waals surface area contributed by atoms with Crippen LogP contribution in [-0.2, 0) is 9.53 Å². The van der Waals surface area contributed by atoms with E-state index in [0.29, 0.717) is 17.9 Å². The van der Waals surface area contributed by atoms with E-state index in [9.17, 15) is 10.1 Å². The first-order valence-corrected chi connectivity index (χ1v) is 10.3. The molecule has 1 saturated heterocycles. The summed E-state index contributed by atoms with van der Waals surface area (Å²) in [6, 6.07) is 8.09. The SMILES string of the molecule is CCOc1cc(-c2ccc(N3CCC(C)(C(=O)OC)CC3)nc2)c2c(C#N)cnn2c1. The molecule has 4 heterocycles. The van der Waals surface area contributed by atoms with Gasteiger partial charge in [0.2, 0.25) is 0 Å². The van der Waals surface area contributed by atoms with Gasteiger partial charge in [-0.2, -0.15) is 10.4 Å². The van der Waals surface area contributed by atoms with Gasteiger partial charge in [-0.05, 0) is 44.9 Å². The average Bonchev–Trinajstić information content (AvgIpc) is 3.22. The predicted molar refractivity (Wildman–Crippen MR) is 116 cm³/mol. The lowest BCUT2D eigenvalue weighted by molar-refractivity contribution is -0.152. The van der Waals surface area contributed by atoms with Crippen LogP contribution in [0.1, 0.15) is 32.3 Å². The molecule has 0 saturated carbocycles. The summed E-state index contributed by atoms with van der Waals surface area (Å²) < 4.78 is 12.3. The van der Waals surface area contributed by atoms with Crippen molar-refractivity contribution in [1.82, 2.24) is 14.6 Å². The molecule has 8 heteroatoms. The molecule has 0 N–H and O–H groups in total. The van der Waals surface area contributed by atoms with E-state index in [2.05, 4.69) is 21.1 Å². The van der Waals surface area contributed by atoms with Crippen molar-refractivity contribution in [2.75, 3.05) is 31.7 Å². The van der Waals surface area contributed by atoms with Crippen LogP contribution in [0.3, 0.4) is 0 Å². The maximum Gasteiger partial charge on any atom is 0.311 e. The van der Waals surface area contributed by atoms with Gasteiger partial charge in [0.15, 0.2) is 0 Å². The van der Waals surface area contributed by atoms with Crippen LogP contribution in [0.5, 0.6) is 5.75 Å². The van der Waals surface area contributed by atoms with Crippen LogP contribution >= 0.6 is 0 Å². The monoisotopic (exact) mass is 419 g/mol. The number of hydrogen-bond donors (Lipinski definition) is 0. The fourth-order valence-electron chi connectivity index (χ4n) is 4.06. The molecular formula is C23H25N5O3. The van der Waals surface area contributed by atoms with E-state index in [1.54, 1.807) is 16.9 Å². The molecule has 0 aliphatic carbocycles. The number of nitriles is 1. The number of hydrogen-bond acceptors (Lipinski definition) is 7. The highest BCUT2D eigenvalue weighted by molar-refractivity contribution is 5.85. The highest BCUT2D eigenvalue weighted by atomic mass is 16.5. The van der Waals surface area contributed by atoms with Crippen molar-refractivity contribution in [2.45, 2.75) is 26.7 Å². The molecule has 0 unspecified atom stereocenters. The zero-order valence-electron chi connectivity index (χ0n) is 18.0. The van der Waals surface area contributed by atoms with E-state index in [1.165, 1.54) is 7.11 Å². The van der Waals surface area contributed by atoms with E-state index < -0.39 is 5.41 Å². The van der Waals surface area contributed by atoms with Gasteiger partial charge in [0.05, 0.1) is 42.6 Å². The van der Waals surface area contributed by atoms with Gasteiger partial charge in [0, 0.05) is 30.4 Å². The zero-order chi connectivity index (χ0) is 22.0. The Labute approximate surface area is 181 Å². The number of carbonyl (C=O) groups is 1. The minimum absolute atomic E-state index is 0.150. The molecule has 3 aromatic heterocycles. The smallest absolute Gasteiger partial charge is 0.311 e. The molecule has 31 heavy (non-hydrogen) atoms. The van der Waals surface area contributed by atoms with E-state index in [4.69, 9.17) is 9.47 Å². The van der Waals surface area contributed by atoms with Gasteiger partial charge >= 0.3 is 5.97 Å². The van der Waals surface area contributed by atoms with Crippen molar-refractivity contribution in [1.29, 1.82) is 5.26 Å². The van der Waals surface area contributed by atoms with Gasteiger partial charge < -0.3 is 14.4 Å². The Morgan fingerprint density at radius 3 is 2.68 bits per heavy atom. The number of methoxy groups -OCH3 is 1. The Balaban J connectivity index is 1.62. The molecule has 160 valence electrons. The summed E-state index contributed by atoms with van der Waals surface area (Å²) >= 11 is 0. The van der Waals surface area contributed by atoms with Crippen LogP contribution in [-0.4, -0.2) is 47.4 Å². The summed E-state index contributed by atoms with van der Waals surface area (Å²) in [5.41, 5.74) is 2.51. The van der Waals surface area contributed by atoms with Crippen molar-refractivity contribution in [3.63, 3.8) is 0 Å². The number of nitrogens with zero attached hydrogens (tertiary/aromatic N) is 5. The topological polar surface area (TPSA) is 92.7 Å². The largest absolute Gasteiger partial charge is 0.492 e. The normalized spacial score (nSPS) is 15.5. The Morgan fingerprint density at radius 1 is 1.29 bits per heavy atom. The number of carbonyl (C=O) groups excluding carboxylic acids is 1. The standard InChI is InChI=1S/C23H25N5O3/c1-4-31-18-11-19(21-17(12-24)14-26-28(21)15-18)16-5-6-20(25-13-16)27-9-7-23(2,8-10-27)22(29)30-3/h5-6,11,13-15H,4,7-10H2,1-3H3. The molecule has 8 nitrogen and oxygen atoms in total. The van der Waals surface area contributed by atoms with Crippen molar-refractivity contribution < 1.29 is 14.3 Å². The molecule has 0 aromatic carbocycles. The maximum absolute atomic E-state index is 12.0. The van der Waals surface area contributed by atoms with Crippen molar-refractivity contribution in [3.05, 3.63) is 42.4 Å². The van der Waals surface area contributed by atoms with Gasteiger partial charge in [-0.15, -0.1) is 0 Å².